The van der Waals surface area contributed by atoms with Crippen LogP contribution in [0.15, 0.2) is 4.99 Å². The predicted molar refractivity (Wildman–Crippen MR) is 62.1 cm³/mol. The molecule has 0 spiro atoms. The van der Waals surface area contributed by atoms with Crippen LogP contribution >= 0.6 is 24.2 Å². The third-order valence-electron chi connectivity index (χ3n) is 1.47. The van der Waals surface area contributed by atoms with Gasteiger partial charge in [-0.15, -0.1) is 12.4 Å². The summed E-state index contributed by atoms with van der Waals surface area (Å²) in [5.41, 5.74) is 10.7. The zero-order valence-corrected chi connectivity index (χ0v) is 9.61. The Morgan fingerprint density at radius 2 is 2.21 bits per heavy atom. The van der Waals surface area contributed by atoms with Crippen LogP contribution in [0.1, 0.15) is 12.8 Å². The summed E-state index contributed by atoms with van der Waals surface area (Å²) in [7, 11) is 0. The number of rotatable bonds is 5. The lowest BCUT2D eigenvalue weighted by molar-refractivity contribution is -0.138. The lowest BCUT2D eigenvalue weighted by Gasteiger charge is -2.03. The number of halogens is 1. The fourth-order valence-corrected chi connectivity index (χ4v) is 0.909. The van der Waals surface area contributed by atoms with E-state index in [0.717, 1.165) is 0 Å². The molecular weight excluding hydrogens is 226 g/mol. The van der Waals surface area contributed by atoms with Crippen molar-refractivity contribution in [2.75, 3.05) is 12.8 Å². The largest absolute Gasteiger partial charge is 0.480 e. The first-order chi connectivity index (χ1) is 6.07. The van der Waals surface area contributed by atoms with Gasteiger partial charge >= 0.3 is 5.97 Å². The summed E-state index contributed by atoms with van der Waals surface area (Å²) in [6, 6.07) is -0.786. The third-order valence-corrected chi connectivity index (χ3v) is 2.01. The number of carboxylic acid groups (broad SMARTS) is 1. The van der Waals surface area contributed by atoms with Crippen molar-refractivity contribution in [1.29, 1.82) is 0 Å². The van der Waals surface area contributed by atoms with Gasteiger partial charge in [0.05, 0.1) is 0 Å². The summed E-state index contributed by atoms with van der Waals surface area (Å²) in [5, 5.41) is 8.96. The van der Waals surface area contributed by atoms with E-state index in [2.05, 4.69) is 4.99 Å². The molecule has 0 aliphatic carbocycles. The molecular formula is C7H16ClN3O2S. The van der Waals surface area contributed by atoms with Gasteiger partial charge < -0.3 is 16.6 Å². The Morgan fingerprint density at radius 1 is 1.64 bits per heavy atom. The van der Waals surface area contributed by atoms with Crippen LogP contribution in [-0.2, 0) is 4.79 Å². The van der Waals surface area contributed by atoms with Crippen molar-refractivity contribution in [3.63, 3.8) is 0 Å². The molecule has 5 nitrogen and oxygen atoms in total. The molecule has 0 aromatic rings. The molecule has 1 atom stereocenters. The third kappa shape index (κ3) is 8.15. The molecule has 84 valence electrons. The van der Waals surface area contributed by atoms with Crippen molar-refractivity contribution in [1.82, 2.24) is 0 Å². The zero-order valence-electron chi connectivity index (χ0n) is 7.97. The first-order valence-electron chi connectivity index (χ1n) is 3.90. The van der Waals surface area contributed by atoms with Crippen molar-refractivity contribution in [2.45, 2.75) is 18.9 Å². The van der Waals surface area contributed by atoms with Gasteiger partial charge in [-0.3, -0.25) is 9.79 Å². The van der Waals surface area contributed by atoms with Gasteiger partial charge in [0, 0.05) is 6.54 Å². The van der Waals surface area contributed by atoms with E-state index in [9.17, 15) is 4.79 Å². The summed E-state index contributed by atoms with van der Waals surface area (Å²) < 4.78 is 0. The van der Waals surface area contributed by atoms with E-state index in [1.165, 1.54) is 11.8 Å². The van der Waals surface area contributed by atoms with Crippen molar-refractivity contribution in [3.8, 4) is 0 Å². The molecule has 5 N–H and O–H groups in total. The van der Waals surface area contributed by atoms with E-state index in [4.69, 9.17) is 16.6 Å². The van der Waals surface area contributed by atoms with Crippen molar-refractivity contribution < 1.29 is 9.90 Å². The number of carbonyl (C=O) groups is 1. The van der Waals surface area contributed by atoms with Crippen LogP contribution in [0.3, 0.4) is 0 Å². The minimum absolute atomic E-state index is 0. The van der Waals surface area contributed by atoms with E-state index in [1.54, 1.807) is 0 Å². The van der Waals surface area contributed by atoms with Crippen molar-refractivity contribution in [3.05, 3.63) is 0 Å². The Labute approximate surface area is 93.7 Å². The first kappa shape index (κ1) is 16.0. The molecule has 0 aliphatic heterocycles. The number of thioether (sulfide) groups is 1. The van der Waals surface area contributed by atoms with Gasteiger partial charge in [-0.25, -0.2) is 0 Å². The normalized spacial score (nSPS) is 13.1. The monoisotopic (exact) mass is 241 g/mol. The van der Waals surface area contributed by atoms with E-state index in [1.807, 2.05) is 6.26 Å². The highest BCUT2D eigenvalue weighted by atomic mass is 35.5. The number of aliphatic carboxylic acids is 1. The van der Waals surface area contributed by atoms with Crippen molar-refractivity contribution >= 4 is 35.3 Å². The number of nitrogens with zero attached hydrogens (tertiary/aromatic N) is 1. The van der Waals surface area contributed by atoms with Gasteiger partial charge in [-0.2, -0.15) is 0 Å². The van der Waals surface area contributed by atoms with Gasteiger partial charge in [0.2, 0.25) is 0 Å². The second-order valence-corrected chi connectivity index (χ2v) is 3.34. The molecule has 14 heavy (non-hydrogen) atoms. The molecule has 0 heterocycles. The molecule has 0 aromatic heterocycles. The maximum Gasteiger partial charge on any atom is 0.320 e. The lowest BCUT2D eigenvalue weighted by atomic mass is 10.2. The van der Waals surface area contributed by atoms with Crippen LogP contribution in [-0.4, -0.2) is 35.1 Å². The summed E-state index contributed by atoms with van der Waals surface area (Å²) in [5.74, 6) is -0.971. The van der Waals surface area contributed by atoms with Gasteiger partial charge in [-0.05, 0) is 19.1 Å². The average molecular weight is 242 g/mol. The number of nitrogens with two attached hydrogens (primary N) is 2. The van der Waals surface area contributed by atoms with E-state index < -0.39 is 12.0 Å². The molecule has 0 rings (SSSR count). The van der Waals surface area contributed by atoms with Gasteiger partial charge in [0.1, 0.15) is 6.04 Å². The highest BCUT2D eigenvalue weighted by Crippen LogP contribution is 1.97. The van der Waals surface area contributed by atoms with Crippen LogP contribution in [0.25, 0.3) is 0 Å². The highest BCUT2D eigenvalue weighted by molar-refractivity contribution is 8.13. The van der Waals surface area contributed by atoms with Crippen LogP contribution < -0.4 is 11.5 Å². The topological polar surface area (TPSA) is 102 Å². The smallest absolute Gasteiger partial charge is 0.320 e. The number of aliphatic imine (C=N–C) groups is 1. The van der Waals surface area contributed by atoms with E-state index in [-0.39, 0.29) is 12.4 Å². The summed E-state index contributed by atoms with van der Waals surface area (Å²) in [6.45, 7) is 0.535. The van der Waals surface area contributed by atoms with Crippen LogP contribution in [0.2, 0.25) is 0 Å². The molecule has 0 amide bonds. The Morgan fingerprint density at radius 3 is 2.64 bits per heavy atom. The minimum atomic E-state index is -0.971. The molecule has 0 unspecified atom stereocenters. The maximum absolute atomic E-state index is 10.3. The Kier molecular flexibility index (Phi) is 10.4. The Bertz CT molecular complexity index is 201. The van der Waals surface area contributed by atoms with Gasteiger partial charge in [-0.1, -0.05) is 11.8 Å². The average Bonchev–Trinajstić information content (AvgIpc) is 2.11. The van der Waals surface area contributed by atoms with Crippen LogP contribution in [0, 0.1) is 0 Å². The maximum atomic E-state index is 10.3. The molecule has 0 aromatic carbocycles. The fourth-order valence-electron chi connectivity index (χ4n) is 0.688. The second kappa shape index (κ2) is 9.11. The quantitative estimate of drug-likeness (QED) is 0.365. The Hall–Kier alpha value is -0.460. The van der Waals surface area contributed by atoms with Gasteiger partial charge in [0.25, 0.3) is 0 Å². The molecule has 0 saturated carbocycles. The standard InChI is InChI=1S/C7H15N3O2S.ClH/c1-13-7(9)10-4-2-3-5(8)6(11)12;/h5H,2-4,8H2,1H3,(H2,9,10)(H,11,12);1H/t5-;/m1./s1. The number of hydrogen-bond donors (Lipinski definition) is 3. The Balaban J connectivity index is 0. The highest BCUT2D eigenvalue weighted by Gasteiger charge is 2.09. The molecule has 0 saturated heterocycles. The molecule has 0 radical (unpaired) electrons. The van der Waals surface area contributed by atoms with Crippen molar-refractivity contribution in [2.24, 2.45) is 16.5 Å². The molecule has 7 heteroatoms. The number of amidine groups is 1. The van der Waals surface area contributed by atoms with E-state index in [0.29, 0.717) is 24.6 Å². The second-order valence-electron chi connectivity index (χ2n) is 2.51. The zero-order chi connectivity index (χ0) is 10.3. The van der Waals surface area contributed by atoms with E-state index >= 15 is 0 Å². The summed E-state index contributed by atoms with van der Waals surface area (Å²) >= 11 is 1.37. The number of carboxylic acids is 1. The summed E-state index contributed by atoms with van der Waals surface area (Å²) in [6.07, 6.45) is 2.91. The molecule has 0 aliphatic rings. The molecule has 0 fully saturated rings. The SMILES string of the molecule is CSC(N)=NCCC[C@@H](N)C(=O)O.Cl. The lowest BCUT2D eigenvalue weighted by Crippen LogP contribution is -2.30. The van der Waals surface area contributed by atoms with Gasteiger partial charge in [0.15, 0.2) is 5.17 Å². The van der Waals surface area contributed by atoms with Crippen LogP contribution in [0.4, 0.5) is 0 Å². The number of hydrogen-bond acceptors (Lipinski definition) is 4. The first-order valence-corrected chi connectivity index (χ1v) is 5.12. The summed E-state index contributed by atoms with van der Waals surface area (Å²) in [4.78, 5) is 14.3. The molecule has 0 bridgehead atoms. The van der Waals surface area contributed by atoms with Crippen LogP contribution in [0.5, 0.6) is 0 Å². The fraction of sp³-hybridized carbons (Fsp3) is 0.714. The minimum Gasteiger partial charge on any atom is -0.480 e. The predicted octanol–water partition coefficient (Wildman–Crippen LogP) is 0.278.